The number of hydrogen-bond donors (Lipinski definition) is 0. The van der Waals surface area contributed by atoms with Crippen LogP contribution in [0.5, 0.6) is 0 Å². The van der Waals surface area contributed by atoms with Crippen LogP contribution < -0.4 is 5.30 Å². The van der Waals surface area contributed by atoms with E-state index in [1.54, 1.807) is 60.4 Å². The number of halogens is 3. The second-order valence-electron chi connectivity index (χ2n) is 10.1. The van der Waals surface area contributed by atoms with E-state index in [0.717, 1.165) is 22.3 Å². The van der Waals surface area contributed by atoms with Gasteiger partial charge in [-0.3, -0.25) is 0 Å². The number of aryl methyl sites for hydroxylation is 2. The summed E-state index contributed by atoms with van der Waals surface area (Å²) < 4.78 is 73.3. The van der Waals surface area contributed by atoms with Crippen molar-refractivity contribution in [3.05, 3.63) is 131 Å². The van der Waals surface area contributed by atoms with Crippen molar-refractivity contribution in [2.24, 2.45) is 0 Å². The molecule has 0 aromatic heterocycles. The molecule has 204 valence electrons. The molecule has 40 heavy (non-hydrogen) atoms. The molecule has 0 unspecified atom stereocenters. The van der Waals surface area contributed by atoms with Gasteiger partial charge in [0.2, 0.25) is 0 Å². The van der Waals surface area contributed by atoms with Gasteiger partial charge < -0.3 is 0 Å². The molecule has 0 fully saturated rings. The van der Waals surface area contributed by atoms with Gasteiger partial charge in [0.15, 0.2) is 0 Å². The summed E-state index contributed by atoms with van der Waals surface area (Å²) in [5.74, 6) is 4.53. The molecule has 5 rings (SSSR count). The molecule has 1 heterocycles. The van der Waals surface area contributed by atoms with Crippen molar-refractivity contribution in [1.82, 2.24) is 0 Å². The topological polar surface area (TPSA) is 43.4 Å². The molecular weight excluding hydrogens is 552 g/mol. The Hall–Kier alpha value is -3.69. The van der Waals surface area contributed by atoms with Gasteiger partial charge >= 0.3 is 233 Å². The van der Waals surface area contributed by atoms with Gasteiger partial charge in [-0.1, -0.05) is 0 Å². The summed E-state index contributed by atoms with van der Waals surface area (Å²) in [5, 5.41) is 0.307. The second kappa shape index (κ2) is 9.74. The predicted octanol–water partition coefficient (Wildman–Crippen LogP) is 7.97. The molecule has 0 saturated carbocycles. The van der Waals surface area contributed by atoms with Gasteiger partial charge in [-0.05, 0) is 0 Å². The molecule has 0 amide bonds. The van der Waals surface area contributed by atoms with Gasteiger partial charge in [0.1, 0.15) is 0 Å². The van der Waals surface area contributed by atoms with Crippen LogP contribution in [0.4, 0.5) is 13.2 Å². The molecule has 0 bridgehead atoms. The number of rotatable bonds is 3. The average molecular weight is 579 g/mol. The van der Waals surface area contributed by atoms with E-state index >= 15 is 0 Å². The fourth-order valence-electron chi connectivity index (χ4n) is 5.20. The first kappa shape index (κ1) is 27.9. The second-order valence-corrected chi connectivity index (χ2v) is 16.1. The molecule has 0 radical (unpaired) electrons. The summed E-state index contributed by atoms with van der Waals surface area (Å²) in [4.78, 5) is 0. The van der Waals surface area contributed by atoms with Gasteiger partial charge in [0, 0.05) is 0 Å². The zero-order valence-corrected chi connectivity index (χ0v) is 23.7. The van der Waals surface area contributed by atoms with E-state index in [9.17, 15) is 21.6 Å². The van der Waals surface area contributed by atoms with Crippen LogP contribution in [0.25, 0.3) is 16.7 Å². The molecule has 3 nitrogen and oxygen atoms in total. The van der Waals surface area contributed by atoms with Gasteiger partial charge in [0.05, 0.1) is 0 Å². The summed E-state index contributed by atoms with van der Waals surface area (Å²) >= 11 is 0. The van der Waals surface area contributed by atoms with Crippen molar-refractivity contribution in [3.8, 4) is 22.7 Å². The summed E-state index contributed by atoms with van der Waals surface area (Å²) in [6.07, 6.45) is 0. The van der Waals surface area contributed by atoms with E-state index in [2.05, 4.69) is 11.6 Å². The Balaban J connectivity index is 2.01. The van der Waals surface area contributed by atoms with Gasteiger partial charge in [-0.15, -0.1) is 0 Å². The fourth-order valence-corrected chi connectivity index (χ4v) is 11.1. The monoisotopic (exact) mass is 578 g/mol. The predicted molar refractivity (Wildman–Crippen MR) is 157 cm³/mol. The molecule has 4 aromatic rings. The minimum absolute atomic E-state index is 0.307. The van der Waals surface area contributed by atoms with Crippen molar-refractivity contribution in [2.45, 2.75) is 19.4 Å². The summed E-state index contributed by atoms with van der Waals surface area (Å²) in [7, 11) is -6.08. The Bertz CT molecular complexity index is 1820. The zero-order chi connectivity index (χ0) is 28.8. The fraction of sp³-hybridized carbons (Fsp3) is 0.125. The molecule has 0 aliphatic carbocycles. The van der Waals surface area contributed by atoms with Crippen LogP contribution in [0.3, 0.4) is 0 Å². The van der Waals surface area contributed by atoms with Crippen LogP contribution in [0, 0.1) is 25.4 Å². The maximum atomic E-state index is 14.0. The average Bonchev–Trinajstić information content (AvgIpc) is 3.00. The van der Waals surface area contributed by atoms with Crippen LogP contribution in [0.2, 0.25) is 0 Å². The van der Waals surface area contributed by atoms with E-state index in [1.807, 2.05) is 56.3 Å². The first-order chi connectivity index (χ1) is 18.8. The normalized spacial score (nSPS) is 16.6. The van der Waals surface area contributed by atoms with E-state index in [0.29, 0.717) is 27.6 Å². The Kier molecular flexibility index (Phi) is 6.79. The van der Waals surface area contributed by atoms with Crippen molar-refractivity contribution < 1.29 is 25.6 Å². The molecular formula is C32H26F3O3PS. The molecule has 1 aliphatic heterocycles. The SMILES string of the molecule is Cc1cc(C)c2c(c1)-c1ccccc1P(C)(C#Cc1ccccc1)(OS(=O)(=O)C(F)(F)F)C=C2c1ccccc1. The van der Waals surface area contributed by atoms with Crippen molar-refractivity contribution in [3.63, 3.8) is 0 Å². The van der Waals surface area contributed by atoms with E-state index in [-0.39, 0.29) is 0 Å². The Labute approximate surface area is 232 Å². The van der Waals surface area contributed by atoms with Crippen molar-refractivity contribution in [1.29, 1.82) is 0 Å². The van der Waals surface area contributed by atoms with Crippen LogP contribution in [0.15, 0.2) is 103 Å². The molecule has 4 aromatic carbocycles. The van der Waals surface area contributed by atoms with Crippen LogP contribution in [-0.4, -0.2) is 20.6 Å². The molecule has 1 aliphatic rings. The van der Waals surface area contributed by atoms with E-state index in [1.165, 1.54) is 6.66 Å². The molecule has 8 heteroatoms. The summed E-state index contributed by atoms with van der Waals surface area (Å²) in [6, 6.07) is 28.7. The van der Waals surface area contributed by atoms with E-state index in [4.69, 9.17) is 3.97 Å². The molecule has 0 saturated heterocycles. The van der Waals surface area contributed by atoms with Crippen LogP contribution in [-0.2, 0) is 14.1 Å². The third kappa shape index (κ3) is 4.88. The third-order valence-corrected chi connectivity index (χ3v) is 12.9. The number of alkyl halides is 3. The first-order valence-corrected chi connectivity index (χ1v) is 16.5. The number of benzene rings is 4. The van der Waals surface area contributed by atoms with Crippen LogP contribution in [0.1, 0.15) is 27.8 Å². The van der Waals surface area contributed by atoms with E-state index < -0.39 is 22.5 Å². The third-order valence-electron chi connectivity index (χ3n) is 6.89. The van der Waals surface area contributed by atoms with Gasteiger partial charge in [-0.2, -0.15) is 0 Å². The molecule has 0 atom stereocenters. The minimum atomic E-state index is -6.08. The Morgan fingerprint density at radius 1 is 0.800 bits per heavy atom. The van der Waals surface area contributed by atoms with Gasteiger partial charge in [-0.25, -0.2) is 0 Å². The first-order valence-electron chi connectivity index (χ1n) is 12.4. The van der Waals surface area contributed by atoms with Gasteiger partial charge in [0.25, 0.3) is 0 Å². The number of hydrogen-bond acceptors (Lipinski definition) is 3. The summed E-state index contributed by atoms with van der Waals surface area (Å²) in [6.45, 7) is 0.384. The molecule has 0 spiro atoms. The van der Waals surface area contributed by atoms with Crippen molar-refractivity contribution in [2.75, 3.05) is 6.66 Å². The standard InChI is InChI=1S/C32H26F3O3PS/c1-23-20-24(2)31-28(21-23)27-16-10-11-17-30(27)39(3,38-40(36,37)32(33,34)35,19-18-25-12-6-4-7-13-25)22-29(31)26-14-8-5-9-15-26/h4-17,20-22H,1-3H3. The van der Waals surface area contributed by atoms with Crippen molar-refractivity contribution >= 4 is 27.8 Å². The van der Waals surface area contributed by atoms with Crippen LogP contribution >= 0.6 is 6.83 Å². The molecule has 0 N–H and O–H groups in total. The Morgan fingerprint density at radius 2 is 1.40 bits per heavy atom. The number of fused-ring (bicyclic) bond motifs is 3. The summed E-state index contributed by atoms with van der Waals surface area (Å²) in [5.41, 5.74) is 3.13. The zero-order valence-electron chi connectivity index (χ0n) is 22.0. The quantitative estimate of drug-likeness (QED) is 0.141. The maximum absolute atomic E-state index is 14.0. The Morgan fingerprint density at radius 3 is 2.05 bits per heavy atom.